The van der Waals surface area contributed by atoms with Gasteiger partial charge in [-0.3, -0.25) is 4.79 Å². The lowest BCUT2D eigenvalue weighted by Crippen LogP contribution is -2.27. The molecule has 2 aromatic carbocycles. The lowest BCUT2D eigenvalue weighted by atomic mass is 9.93. The number of hydrogen-bond acceptors (Lipinski definition) is 3. The zero-order valence-electron chi connectivity index (χ0n) is 12.2. The Morgan fingerprint density at radius 3 is 2.27 bits per heavy atom. The summed E-state index contributed by atoms with van der Waals surface area (Å²) in [5.41, 5.74) is 2.68. The normalized spacial score (nSPS) is 17.7. The van der Waals surface area contributed by atoms with Crippen molar-refractivity contribution < 1.29 is 4.79 Å². The van der Waals surface area contributed by atoms with Gasteiger partial charge in [-0.05, 0) is 36.3 Å². The average Bonchev–Trinajstić information content (AvgIpc) is 2.91. The van der Waals surface area contributed by atoms with E-state index in [1.807, 2.05) is 60.7 Å². The average molecular weight is 310 g/mol. The second-order valence-electron chi connectivity index (χ2n) is 5.26. The van der Waals surface area contributed by atoms with Crippen LogP contribution >= 0.6 is 12.6 Å². The first kappa shape index (κ1) is 14.9. The van der Waals surface area contributed by atoms with Crippen LogP contribution in [-0.2, 0) is 4.79 Å². The molecule has 0 unspecified atom stereocenters. The molecule has 1 amide bonds. The van der Waals surface area contributed by atoms with Crippen LogP contribution in [0.15, 0.2) is 65.8 Å². The molecule has 22 heavy (non-hydrogen) atoms. The minimum Gasteiger partial charge on any atom is -0.272 e. The SMILES string of the molecule is O=C1[C@@H](CCCS)C(c2ccccc2)=NN1c1ccccc1. The largest absolute Gasteiger partial charge is 0.272 e. The molecule has 3 rings (SSSR count). The molecule has 0 bridgehead atoms. The molecule has 3 nitrogen and oxygen atoms in total. The number of carbonyl (C=O) groups excluding carboxylic acids is 1. The van der Waals surface area contributed by atoms with Crippen LogP contribution in [0, 0.1) is 5.92 Å². The zero-order chi connectivity index (χ0) is 15.4. The Morgan fingerprint density at radius 1 is 1.00 bits per heavy atom. The summed E-state index contributed by atoms with van der Waals surface area (Å²) in [6.45, 7) is 0. The van der Waals surface area contributed by atoms with Crippen molar-refractivity contribution in [3.63, 3.8) is 0 Å². The number of nitrogens with zero attached hydrogens (tertiary/aromatic N) is 2. The van der Waals surface area contributed by atoms with E-state index in [1.165, 1.54) is 5.01 Å². The Hall–Kier alpha value is -2.07. The molecule has 0 N–H and O–H groups in total. The van der Waals surface area contributed by atoms with Gasteiger partial charge >= 0.3 is 0 Å². The molecule has 1 heterocycles. The standard InChI is InChI=1S/C18H18N2OS/c21-18-16(12-7-13-22)17(14-8-3-1-4-9-14)19-20(18)15-10-5-2-6-11-15/h1-6,8-11,16,22H,7,12-13H2/t16-/m0/s1. The molecule has 0 spiro atoms. The van der Waals surface area contributed by atoms with E-state index in [0.29, 0.717) is 0 Å². The van der Waals surface area contributed by atoms with Crippen molar-refractivity contribution in [1.82, 2.24) is 0 Å². The van der Waals surface area contributed by atoms with Crippen LogP contribution in [-0.4, -0.2) is 17.4 Å². The molecule has 0 aromatic heterocycles. The zero-order valence-corrected chi connectivity index (χ0v) is 13.1. The van der Waals surface area contributed by atoms with E-state index >= 15 is 0 Å². The van der Waals surface area contributed by atoms with Crippen LogP contribution < -0.4 is 5.01 Å². The van der Waals surface area contributed by atoms with E-state index in [9.17, 15) is 4.79 Å². The van der Waals surface area contributed by atoms with Crippen LogP contribution in [0.3, 0.4) is 0 Å². The number of amides is 1. The fourth-order valence-corrected chi connectivity index (χ4v) is 2.85. The van der Waals surface area contributed by atoms with Crippen molar-refractivity contribution in [3.05, 3.63) is 66.2 Å². The molecule has 0 radical (unpaired) electrons. The molecular formula is C18H18N2OS. The van der Waals surface area contributed by atoms with Gasteiger partial charge in [-0.15, -0.1) is 0 Å². The van der Waals surface area contributed by atoms with E-state index < -0.39 is 0 Å². The molecule has 1 atom stereocenters. The maximum absolute atomic E-state index is 12.8. The first-order valence-electron chi connectivity index (χ1n) is 7.45. The highest BCUT2D eigenvalue weighted by molar-refractivity contribution is 7.80. The third-order valence-corrected chi connectivity index (χ3v) is 4.08. The first-order chi connectivity index (χ1) is 10.8. The van der Waals surface area contributed by atoms with Gasteiger partial charge in [0.25, 0.3) is 5.91 Å². The van der Waals surface area contributed by atoms with E-state index in [2.05, 4.69) is 17.7 Å². The van der Waals surface area contributed by atoms with Gasteiger partial charge in [0, 0.05) is 0 Å². The summed E-state index contributed by atoms with van der Waals surface area (Å²) in [6.07, 6.45) is 1.67. The summed E-state index contributed by atoms with van der Waals surface area (Å²) in [5.74, 6) is 0.638. The van der Waals surface area contributed by atoms with Crippen molar-refractivity contribution >= 4 is 29.9 Å². The van der Waals surface area contributed by atoms with Gasteiger partial charge in [0.15, 0.2) is 0 Å². The van der Waals surface area contributed by atoms with E-state index in [4.69, 9.17) is 0 Å². The van der Waals surface area contributed by atoms with Crippen molar-refractivity contribution in [2.24, 2.45) is 11.0 Å². The van der Waals surface area contributed by atoms with Gasteiger partial charge in [0.05, 0.1) is 17.3 Å². The Bertz CT molecular complexity index is 670. The maximum atomic E-state index is 12.8. The number of rotatable bonds is 5. The second-order valence-corrected chi connectivity index (χ2v) is 5.70. The Morgan fingerprint density at radius 2 is 1.64 bits per heavy atom. The molecule has 0 saturated carbocycles. The van der Waals surface area contributed by atoms with Gasteiger partial charge < -0.3 is 0 Å². The van der Waals surface area contributed by atoms with Gasteiger partial charge in [-0.25, -0.2) is 0 Å². The van der Waals surface area contributed by atoms with E-state index in [-0.39, 0.29) is 11.8 Å². The van der Waals surface area contributed by atoms with Crippen LogP contribution in [0.2, 0.25) is 0 Å². The molecule has 0 fully saturated rings. The Labute approximate surface area is 136 Å². The second kappa shape index (κ2) is 6.79. The Balaban J connectivity index is 1.97. The molecule has 0 saturated heterocycles. The monoisotopic (exact) mass is 310 g/mol. The third kappa shape index (κ3) is 2.92. The highest BCUT2D eigenvalue weighted by Crippen LogP contribution is 2.29. The van der Waals surface area contributed by atoms with Crippen LogP contribution in [0.4, 0.5) is 5.69 Å². The molecular weight excluding hydrogens is 292 g/mol. The predicted molar refractivity (Wildman–Crippen MR) is 93.5 cm³/mol. The molecule has 4 heteroatoms. The summed E-state index contributed by atoms with van der Waals surface area (Å²) in [5, 5.41) is 6.15. The number of hydrazone groups is 1. The summed E-state index contributed by atoms with van der Waals surface area (Å²) in [4.78, 5) is 12.8. The lowest BCUT2D eigenvalue weighted by Gasteiger charge is -2.14. The molecule has 1 aliphatic rings. The Kier molecular flexibility index (Phi) is 4.59. The highest BCUT2D eigenvalue weighted by atomic mass is 32.1. The number of para-hydroxylation sites is 1. The minimum absolute atomic E-state index is 0.0480. The fraction of sp³-hybridized carbons (Fsp3) is 0.222. The quantitative estimate of drug-likeness (QED) is 0.838. The van der Waals surface area contributed by atoms with Crippen LogP contribution in [0.25, 0.3) is 0 Å². The predicted octanol–water partition coefficient (Wildman–Crippen LogP) is 3.76. The minimum atomic E-state index is -0.185. The maximum Gasteiger partial charge on any atom is 0.256 e. The molecule has 0 aliphatic carbocycles. The first-order valence-corrected chi connectivity index (χ1v) is 8.08. The van der Waals surface area contributed by atoms with Crippen LogP contribution in [0.5, 0.6) is 0 Å². The molecule has 2 aromatic rings. The summed E-state index contributed by atoms with van der Waals surface area (Å²) in [7, 11) is 0. The van der Waals surface area contributed by atoms with Gasteiger partial charge in [0.1, 0.15) is 0 Å². The van der Waals surface area contributed by atoms with Crippen molar-refractivity contribution in [2.75, 3.05) is 10.8 Å². The number of benzene rings is 2. The van der Waals surface area contributed by atoms with E-state index in [0.717, 1.165) is 35.6 Å². The number of thiol groups is 1. The smallest absolute Gasteiger partial charge is 0.256 e. The topological polar surface area (TPSA) is 32.7 Å². The summed E-state index contributed by atoms with van der Waals surface area (Å²) < 4.78 is 0. The highest BCUT2D eigenvalue weighted by Gasteiger charge is 2.36. The summed E-state index contributed by atoms with van der Waals surface area (Å²) in [6, 6.07) is 19.5. The number of carbonyl (C=O) groups is 1. The van der Waals surface area contributed by atoms with Gasteiger partial charge in [-0.2, -0.15) is 22.7 Å². The number of anilines is 1. The van der Waals surface area contributed by atoms with Crippen LogP contribution in [0.1, 0.15) is 18.4 Å². The summed E-state index contributed by atoms with van der Waals surface area (Å²) >= 11 is 4.27. The molecule has 112 valence electrons. The van der Waals surface area contributed by atoms with E-state index in [1.54, 1.807) is 0 Å². The number of hydrogen-bond donors (Lipinski definition) is 1. The van der Waals surface area contributed by atoms with Gasteiger partial charge in [-0.1, -0.05) is 48.5 Å². The van der Waals surface area contributed by atoms with Crippen molar-refractivity contribution in [3.8, 4) is 0 Å². The fourth-order valence-electron chi connectivity index (χ4n) is 2.67. The van der Waals surface area contributed by atoms with Crippen molar-refractivity contribution in [1.29, 1.82) is 0 Å². The van der Waals surface area contributed by atoms with Crippen molar-refractivity contribution in [2.45, 2.75) is 12.8 Å². The van der Waals surface area contributed by atoms with Gasteiger partial charge in [0.2, 0.25) is 0 Å². The third-order valence-electron chi connectivity index (χ3n) is 3.77. The molecule has 1 aliphatic heterocycles. The lowest BCUT2D eigenvalue weighted by molar-refractivity contribution is -0.119.